The summed E-state index contributed by atoms with van der Waals surface area (Å²) in [5.74, 6) is 0.705. The van der Waals surface area contributed by atoms with Crippen LogP contribution >= 0.6 is 0 Å². The molecule has 1 N–H and O–H groups in total. The molecule has 0 bridgehead atoms. The van der Waals surface area contributed by atoms with Crippen molar-refractivity contribution in [2.75, 3.05) is 6.73 Å². The molecule has 0 radical (unpaired) electrons. The SMILES string of the molecule is CC(C)CC(C)(C)C(C)(C)OCNC(C)C. The second-order valence-electron chi connectivity index (χ2n) is 6.64. The molecule has 16 heavy (non-hydrogen) atoms. The van der Waals surface area contributed by atoms with E-state index in [2.05, 4.69) is 60.7 Å². The number of hydrogen-bond acceptors (Lipinski definition) is 2. The molecule has 0 atom stereocenters. The van der Waals surface area contributed by atoms with E-state index in [4.69, 9.17) is 4.74 Å². The maximum absolute atomic E-state index is 5.99. The second-order valence-corrected chi connectivity index (χ2v) is 6.64. The Balaban J connectivity index is 4.28. The van der Waals surface area contributed by atoms with Gasteiger partial charge in [-0.2, -0.15) is 0 Å². The highest BCUT2D eigenvalue weighted by Crippen LogP contribution is 2.39. The van der Waals surface area contributed by atoms with Crippen LogP contribution in [0.3, 0.4) is 0 Å². The first-order valence-electron chi connectivity index (χ1n) is 6.46. The van der Waals surface area contributed by atoms with E-state index in [1.807, 2.05) is 0 Å². The Hall–Kier alpha value is -0.0800. The summed E-state index contributed by atoms with van der Waals surface area (Å²) in [5, 5.41) is 3.30. The van der Waals surface area contributed by atoms with Gasteiger partial charge in [0.25, 0.3) is 0 Å². The van der Waals surface area contributed by atoms with Crippen LogP contribution in [0, 0.1) is 11.3 Å². The summed E-state index contributed by atoms with van der Waals surface area (Å²) in [5.41, 5.74) is 0.0962. The molecule has 0 saturated heterocycles. The molecule has 0 amide bonds. The molecule has 0 saturated carbocycles. The Morgan fingerprint density at radius 1 is 1.00 bits per heavy atom. The molecule has 2 heteroatoms. The van der Waals surface area contributed by atoms with Crippen molar-refractivity contribution in [3.63, 3.8) is 0 Å². The summed E-state index contributed by atoms with van der Waals surface area (Å²) >= 11 is 0. The van der Waals surface area contributed by atoms with Gasteiger partial charge >= 0.3 is 0 Å². The maximum Gasteiger partial charge on any atom is 0.0974 e. The Morgan fingerprint density at radius 3 is 1.88 bits per heavy atom. The van der Waals surface area contributed by atoms with Gasteiger partial charge in [0.1, 0.15) is 0 Å². The smallest absolute Gasteiger partial charge is 0.0974 e. The fourth-order valence-corrected chi connectivity index (χ4v) is 1.85. The molecule has 0 aliphatic heterocycles. The summed E-state index contributed by atoms with van der Waals surface area (Å²) in [7, 11) is 0. The summed E-state index contributed by atoms with van der Waals surface area (Å²) in [6.07, 6.45) is 1.18. The van der Waals surface area contributed by atoms with E-state index in [0.717, 1.165) is 0 Å². The second kappa shape index (κ2) is 6.02. The Kier molecular flexibility index (Phi) is 5.99. The number of ether oxygens (including phenoxy) is 1. The Morgan fingerprint density at radius 2 is 1.50 bits per heavy atom. The molecule has 98 valence electrons. The van der Waals surface area contributed by atoms with Crippen LogP contribution in [0.15, 0.2) is 0 Å². The van der Waals surface area contributed by atoms with Crippen LogP contribution in [0.2, 0.25) is 0 Å². The van der Waals surface area contributed by atoms with Crippen molar-refractivity contribution in [2.24, 2.45) is 11.3 Å². The molecule has 2 nitrogen and oxygen atoms in total. The highest BCUT2D eigenvalue weighted by atomic mass is 16.5. The van der Waals surface area contributed by atoms with Crippen LogP contribution in [0.25, 0.3) is 0 Å². The summed E-state index contributed by atoms with van der Waals surface area (Å²) in [6.45, 7) is 18.4. The van der Waals surface area contributed by atoms with Gasteiger partial charge in [-0.3, -0.25) is 5.32 Å². The quantitative estimate of drug-likeness (QED) is 0.670. The molecule has 0 aromatic carbocycles. The molecular formula is C14H31NO. The van der Waals surface area contributed by atoms with Gasteiger partial charge in [0.2, 0.25) is 0 Å². The van der Waals surface area contributed by atoms with Gasteiger partial charge in [-0.25, -0.2) is 0 Å². The molecule has 0 aromatic heterocycles. The molecule has 0 aliphatic carbocycles. The minimum Gasteiger partial charge on any atom is -0.360 e. The van der Waals surface area contributed by atoms with Crippen LogP contribution in [-0.4, -0.2) is 18.4 Å². The normalized spacial score (nSPS) is 13.9. The summed E-state index contributed by atoms with van der Waals surface area (Å²) < 4.78 is 5.99. The minimum atomic E-state index is -0.0981. The van der Waals surface area contributed by atoms with E-state index in [1.165, 1.54) is 6.42 Å². The van der Waals surface area contributed by atoms with Gasteiger partial charge in [-0.05, 0) is 45.4 Å². The van der Waals surface area contributed by atoms with Gasteiger partial charge in [0, 0.05) is 6.04 Å². The third kappa shape index (κ3) is 5.31. The zero-order valence-corrected chi connectivity index (χ0v) is 12.5. The average Bonchev–Trinajstić information content (AvgIpc) is 1.99. The molecule has 0 heterocycles. The van der Waals surface area contributed by atoms with Gasteiger partial charge in [0.15, 0.2) is 0 Å². The Bertz CT molecular complexity index is 195. The van der Waals surface area contributed by atoms with Gasteiger partial charge in [0.05, 0.1) is 12.3 Å². The minimum absolute atomic E-state index is 0.0981. The number of hydrogen-bond donors (Lipinski definition) is 1. The van der Waals surface area contributed by atoms with E-state index < -0.39 is 0 Å². The highest BCUT2D eigenvalue weighted by Gasteiger charge is 2.38. The van der Waals surface area contributed by atoms with E-state index in [0.29, 0.717) is 18.7 Å². The fourth-order valence-electron chi connectivity index (χ4n) is 1.85. The monoisotopic (exact) mass is 229 g/mol. The zero-order valence-electron chi connectivity index (χ0n) is 12.5. The van der Waals surface area contributed by atoms with Crippen LogP contribution in [-0.2, 0) is 4.74 Å². The largest absolute Gasteiger partial charge is 0.360 e. The standard InChI is InChI=1S/C14H31NO/c1-11(2)9-13(5,6)14(7,8)16-10-15-12(3)4/h11-12,15H,9-10H2,1-8H3. The first-order valence-corrected chi connectivity index (χ1v) is 6.46. The van der Waals surface area contributed by atoms with E-state index in [9.17, 15) is 0 Å². The number of nitrogens with one attached hydrogen (secondary N) is 1. The lowest BCUT2D eigenvalue weighted by atomic mass is 9.72. The van der Waals surface area contributed by atoms with E-state index in [1.54, 1.807) is 0 Å². The maximum atomic E-state index is 5.99. The predicted octanol–water partition coefficient (Wildman–Crippen LogP) is 3.81. The first kappa shape index (κ1) is 15.9. The van der Waals surface area contributed by atoms with Crippen molar-refractivity contribution in [1.29, 1.82) is 0 Å². The molecule has 0 fully saturated rings. The molecule has 0 aromatic rings. The van der Waals surface area contributed by atoms with Gasteiger partial charge in [-0.15, -0.1) is 0 Å². The molecule has 0 unspecified atom stereocenters. The summed E-state index contributed by atoms with van der Waals surface area (Å²) in [4.78, 5) is 0. The van der Waals surface area contributed by atoms with Crippen molar-refractivity contribution in [3.05, 3.63) is 0 Å². The van der Waals surface area contributed by atoms with Crippen LogP contribution in [0.1, 0.15) is 61.8 Å². The lowest BCUT2D eigenvalue weighted by Gasteiger charge is -2.42. The highest BCUT2D eigenvalue weighted by molar-refractivity contribution is 4.88. The van der Waals surface area contributed by atoms with Gasteiger partial charge < -0.3 is 4.74 Å². The van der Waals surface area contributed by atoms with Crippen LogP contribution in [0.5, 0.6) is 0 Å². The zero-order chi connectivity index (χ0) is 13.0. The molecule has 0 rings (SSSR count). The summed E-state index contributed by atoms with van der Waals surface area (Å²) in [6, 6.07) is 0.476. The van der Waals surface area contributed by atoms with Crippen molar-refractivity contribution >= 4 is 0 Å². The van der Waals surface area contributed by atoms with Crippen LogP contribution in [0.4, 0.5) is 0 Å². The third-order valence-corrected chi connectivity index (χ3v) is 3.47. The lowest BCUT2D eigenvalue weighted by Crippen LogP contribution is -2.45. The van der Waals surface area contributed by atoms with E-state index in [-0.39, 0.29) is 11.0 Å². The van der Waals surface area contributed by atoms with Gasteiger partial charge in [-0.1, -0.05) is 27.7 Å². The fraction of sp³-hybridized carbons (Fsp3) is 1.00. The third-order valence-electron chi connectivity index (χ3n) is 3.47. The van der Waals surface area contributed by atoms with Crippen LogP contribution < -0.4 is 5.32 Å². The first-order chi connectivity index (χ1) is 7.08. The Labute approximate surface area is 102 Å². The molecule has 0 spiro atoms. The average molecular weight is 229 g/mol. The number of rotatable bonds is 7. The lowest BCUT2D eigenvalue weighted by molar-refractivity contribution is -0.112. The molecule has 0 aliphatic rings. The molecular weight excluding hydrogens is 198 g/mol. The van der Waals surface area contributed by atoms with E-state index >= 15 is 0 Å². The van der Waals surface area contributed by atoms with Crippen molar-refractivity contribution < 1.29 is 4.74 Å². The van der Waals surface area contributed by atoms with Crippen molar-refractivity contribution in [3.8, 4) is 0 Å². The topological polar surface area (TPSA) is 21.3 Å². The predicted molar refractivity (Wildman–Crippen MR) is 71.5 cm³/mol. The van der Waals surface area contributed by atoms with Crippen molar-refractivity contribution in [2.45, 2.75) is 73.5 Å². The van der Waals surface area contributed by atoms with Crippen molar-refractivity contribution in [1.82, 2.24) is 5.32 Å².